The third kappa shape index (κ3) is 3.66. The first-order valence-corrected chi connectivity index (χ1v) is 8.81. The summed E-state index contributed by atoms with van der Waals surface area (Å²) in [5.74, 6) is -0.0687. The fourth-order valence-corrected chi connectivity index (χ4v) is 3.03. The van der Waals surface area contributed by atoms with Crippen LogP contribution in [0.3, 0.4) is 0 Å². The Bertz CT molecular complexity index is 659. The van der Waals surface area contributed by atoms with Crippen LogP contribution in [0.25, 0.3) is 0 Å². The Morgan fingerprint density at radius 2 is 2.18 bits per heavy atom. The van der Waals surface area contributed by atoms with Crippen LogP contribution in [0.1, 0.15) is 31.9 Å². The molecule has 2 rings (SSSR count). The lowest BCUT2D eigenvalue weighted by Crippen LogP contribution is -2.32. The van der Waals surface area contributed by atoms with Crippen molar-refractivity contribution < 1.29 is 17.9 Å². The molecule has 1 amide bonds. The molecule has 0 heterocycles. The first kappa shape index (κ1) is 16.9. The van der Waals surface area contributed by atoms with Crippen molar-refractivity contribution in [2.45, 2.75) is 37.3 Å². The minimum absolute atomic E-state index is 0.0166. The lowest BCUT2D eigenvalue weighted by Gasteiger charge is -2.26. The van der Waals surface area contributed by atoms with Crippen LogP contribution in [0.4, 0.5) is 0 Å². The second kappa shape index (κ2) is 6.36. The van der Waals surface area contributed by atoms with E-state index in [0.717, 1.165) is 12.0 Å². The number of benzene rings is 1. The number of amides is 1. The average molecular weight is 326 g/mol. The van der Waals surface area contributed by atoms with E-state index in [0.29, 0.717) is 6.61 Å². The number of nitrogens with two attached hydrogens (primary N) is 1. The fraction of sp³-hybridized carbons (Fsp3) is 0.533. The lowest BCUT2D eigenvalue weighted by atomic mass is 10.1. The van der Waals surface area contributed by atoms with E-state index < -0.39 is 10.0 Å². The number of ether oxygens (including phenoxy) is 1. The van der Waals surface area contributed by atoms with E-state index in [1.165, 1.54) is 12.1 Å². The molecule has 1 aliphatic rings. The Morgan fingerprint density at radius 1 is 1.50 bits per heavy atom. The quantitative estimate of drug-likeness (QED) is 0.852. The van der Waals surface area contributed by atoms with Crippen LogP contribution in [0.5, 0.6) is 0 Å². The summed E-state index contributed by atoms with van der Waals surface area (Å²) in [5, 5.41) is 5.15. The monoisotopic (exact) mass is 326 g/mol. The summed E-state index contributed by atoms with van der Waals surface area (Å²) in [7, 11) is -2.03. The Labute approximate surface area is 131 Å². The number of carbonyl (C=O) groups excluding carboxylic acids is 1. The van der Waals surface area contributed by atoms with Crippen LogP contribution in [-0.2, 0) is 19.6 Å². The zero-order valence-corrected chi connectivity index (χ0v) is 13.8. The number of primary sulfonamides is 1. The normalized spacial score (nSPS) is 22.2. The maximum Gasteiger partial charge on any atom is 0.238 e. The molecule has 0 radical (unpaired) electrons. The smallest absolute Gasteiger partial charge is 0.238 e. The minimum Gasteiger partial charge on any atom is -0.378 e. The van der Waals surface area contributed by atoms with Gasteiger partial charge in [0.2, 0.25) is 15.9 Å². The van der Waals surface area contributed by atoms with Crippen molar-refractivity contribution in [3.05, 3.63) is 29.8 Å². The highest BCUT2D eigenvalue weighted by molar-refractivity contribution is 7.89. The summed E-state index contributed by atoms with van der Waals surface area (Å²) in [6.45, 7) is 4.37. The van der Waals surface area contributed by atoms with Crippen molar-refractivity contribution >= 4 is 15.9 Å². The van der Waals surface area contributed by atoms with E-state index in [1.54, 1.807) is 24.1 Å². The average Bonchev–Trinajstić information content (AvgIpc) is 3.24. The third-order valence-corrected chi connectivity index (χ3v) is 4.94. The second-order valence-electron chi connectivity index (χ2n) is 5.58. The van der Waals surface area contributed by atoms with Gasteiger partial charge in [0, 0.05) is 13.7 Å². The van der Waals surface area contributed by atoms with Gasteiger partial charge in [-0.3, -0.25) is 4.79 Å². The second-order valence-corrected chi connectivity index (χ2v) is 7.14. The number of hydrogen-bond donors (Lipinski definition) is 1. The number of hydrogen-bond acceptors (Lipinski definition) is 4. The molecule has 3 atom stereocenters. The Hall–Kier alpha value is -1.44. The molecular formula is C15H22N2O4S. The van der Waals surface area contributed by atoms with Gasteiger partial charge in [-0.1, -0.05) is 12.1 Å². The predicted octanol–water partition coefficient (Wildman–Crippen LogP) is 1.28. The van der Waals surface area contributed by atoms with Crippen LogP contribution < -0.4 is 5.14 Å². The van der Waals surface area contributed by atoms with Crippen LogP contribution in [0, 0.1) is 5.92 Å². The highest BCUT2D eigenvalue weighted by atomic mass is 32.2. The molecule has 6 nitrogen and oxygen atoms in total. The SMILES string of the molecule is CCO[C@@H]1C[C@H]1C(=O)N(C)[C@H](C)c1cccc(S(N)(=O)=O)c1. The van der Waals surface area contributed by atoms with Crippen LogP contribution in [0.15, 0.2) is 29.2 Å². The van der Waals surface area contributed by atoms with E-state index in [1.807, 2.05) is 13.8 Å². The van der Waals surface area contributed by atoms with Gasteiger partial charge in [-0.05, 0) is 38.0 Å². The highest BCUT2D eigenvalue weighted by Crippen LogP contribution is 2.37. The van der Waals surface area contributed by atoms with Crippen LogP contribution in [0.2, 0.25) is 0 Å². The molecule has 1 aromatic rings. The molecule has 1 aliphatic carbocycles. The first-order valence-electron chi connectivity index (χ1n) is 7.26. The van der Waals surface area contributed by atoms with Gasteiger partial charge in [-0.15, -0.1) is 0 Å². The zero-order valence-electron chi connectivity index (χ0n) is 13.0. The lowest BCUT2D eigenvalue weighted by molar-refractivity contribution is -0.134. The Morgan fingerprint density at radius 3 is 2.77 bits per heavy atom. The van der Waals surface area contributed by atoms with Gasteiger partial charge >= 0.3 is 0 Å². The van der Waals surface area contributed by atoms with Gasteiger partial charge in [-0.2, -0.15) is 0 Å². The number of nitrogens with zero attached hydrogens (tertiary/aromatic N) is 1. The molecule has 22 heavy (non-hydrogen) atoms. The van der Waals surface area contributed by atoms with Gasteiger partial charge in [0.1, 0.15) is 0 Å². The minimum atomic E-state index is -3.75. The highest BCUT2D eigenvalue weighted by Gasteiger charge is 2.45. The molecule has 7 heteroatoms. The van der Waals surface area contributed by atoms with Gasteiger partial charge in [0.05, 0.1) is 23.0 Å². The van der Waals surface area contributed by atoms with Crippen molar-refractivity contribution in [3.63, 3.8) is 0 Å². The van der Waals surface area contributed by atoms with Gasteiger partial charge in [0.15, 0.2) is 0 Å². The summed E-state index contributed by atoms with van der Waals surface area (Å²) in [6, 6.07) is 6.13. The molecule has 1 saturated carbocycles. The van der Waals surface area contributed by atoms with E-state index in [9.17, 15) is 13.2 Å². The number of sulfonamides is 1. The summed E-state index contributed by atoms with van der Waals surface area (Å²) in [4.78, 5) is 14.1. The maximum atomic E-state index is 12.4. The molecule has 1 fully saturated rings. The zero-order chi connectivity index (χ0) is 16.5. The molecule has 0 saturated heterocycles. The molecule has 0 unspecified atom stereocenters. The van der Waals surface area contributed by atoms with Gasteiger partial charge in [-0.25, -0.2) is 13.6 Å². The standard InChI is InChI=1S/C15H22N2O4S/c1-4-21-14-9-13(14)15(18)17(3)10(2)11-6-5-7-12(8-11)22(16,19)20/h5-8,10,13-14H,4,9H2,1-3H3,(H2,16,19,20)/t10-,13-,14-/m1/s1. The van der Waals surface area contributed by atoms with E-state index in [2.05, 4.69) is 0 Å². The molecule has 1 aromatic carbocycles. The van der Waals surface area contributed by atoms with Crippen molar-refractivity contribution in [1.29, 1.82) is 0 Å². The number of carbonyl (C=O) groups is 1. The summed E-state index contributed by atoms with van der Waals surface area (Å²) < 4.78 is 28.3. The Kier molecular flexibility index (Phi) is 4.89. The topological polar surface area (TPSA) is 89.7 Å². The summed E-state index contributed by atoms with van der Waals surface area (Å²) >= 11 is 0. The van der Waals surface area contributed by atoms with E-state index in [4.69, 9.17) is 9.88 Å². The van der Waals surface area contributed by atoms with E-state index >= 15 is 0 Å². The molecular weight excluding hydrogens is 304 g/mol. The molecule has 0 spiro atoms. The van der Waals surface area contributed by atoms with Crippen molar-refractivity contribution in [3.8, 4) is 0 Å². The van der Waals surface area contributed by atoms with Crippen molar-refractivity contribution in [2.24, 2.45) is 11.1 Å². The predicted molar refractivity (Wildman–Crippen MR) is 82.5 cm³/mol. The third-order valence-electron chi connectivity index (χ3n) is 4.03. The Balaban J connectivity index is 2.11. The van der Waals surface area contributed by atoms with Crippen LogP contribution in [-0.4, -0.2) is 39.0 Å². The largest absolute Gasteiger partial charge is 0.378 e. The molecule has 0 bridgehead atoms. The molecule has 0 aromatic heterocycles. The maximum absolute atomic E-state index is 12.4. The van der Waals surface area contributed by atoms with Gasteiger partial charge in [0.25, 0.3) is 0 Å². The molecule has 122 valence electrons. The summed E-state index contributed by atoms with van der Waals surface area (Å²) in [6.07, 6.45) is 0.768. The first-order chi connectivity index (χ1) is 10.3. The molecule has 2 N–H and O–H groups in total. The summed E-state index contributed by atoms with van der Waals surface area (Å²) in [5.41, 5.74) is 0.732. The van der Waals surface area contributed by atoms with Crippen molar-refractivity contribution in [2.75, 3.05) is 13.7 Å². The van der Waals surface area contributed by atoms with E-state index in [-0.39, 0.29) is 28.9 Å². The van der Waals surface area contributed by atoms with Crippen molar-refractivity contribution in [1.82, 2.24) is 4.90 Å². The van der Waals surface area contributed by atoms with Crippen LogP contribution >= 0.6 is 0 Å². The fourth-order valence-electron chi connectivity index (χ4n) is 2.46. The number of rotatable bonds is 6. The van der Waals surface area contributed by atoms with Gasteiger partial charge < -0.3 is 9.64 Å². The molecule has 0 aliphatic heterocycles.